The molecule has 2 rings (SSSR count). The van der Waals surface area contributed by atoms with Gasteiger partial charge in [0.25, 0.3) is 0 Å². The quantitative estimate of drug-likeness (QED) is 0.803. The molecule has 0 radical (unpaired) electrons. The number of halogens is 1. The van der Waals surface area contributed by atoms with Crippen LogP contribution in [0.25, 0.3) is 0 Å². The number of benzene rings is 2. The van der Waals surface area contributed by atoms with Gasteiger partial charge in [0, 0.05) is 18.7 Å². The molecule has 112 valence electrons. The summed E-state index contributed by atoms with van der Waals surface area (Å²) in [7, 11) is 3.07. The van der Waals surface area contributed by atoms with Gasteiger partial charge in [0.05, 0.1) is 25.6 Å². The highest BCUT2D eigenvalue weighted by Gasteiger charge is 2.08. The van der Waals surface area contributed by atoms with Crippen LogP contribution in [0.1, 0.15) is 5.56 Å². The van der Waals surface area contributed by atoms with Gasteiger partial charge in [-0.25, -0.2) is 4.39 Å². The molecule has 0 unspecified atom stereocenters. The molecule has 0 bridgehead atoms. The van der Waals surface area contributed by atoms with Crippen molar-refractivity contribution >= 4 is 11.4 Å². The number of ether oxygens (including phenoxy) is 2. The molecule has 4 nitrogen and oxygen atoms in total. The molecule has 0 fully saturated rings. The van der Waals surface area contributed by atoms with Gasteiger partial charge in [-0.15, -0.1) is 0 Å². The van der Waals surface area contributed by atoms with Crippen molar-refractivity contribution in [2.45, 2.75) is 6.42 Å². The highest BCUT2D eigenvalue weighted by molar-refractivity contribution is 5.68. The van der Waals surface area contributed by atoms with E-state index in [0.29, 0.717) is 17.9 Å². The molecule has 2 aromatic rings. The van der Waals surface area contributed by atoms with Gasteiger partial charge in [-0.1, -0.05) is 12.1 Å². The monoisotopic (exact) mass is 290 g/mol. The first kappa shape index (κ1) is 15.0. The number of methoxy groups -OCH3 is 2. The van der Waals surface area contributed by atoms with E-state index in [4.69, 9.17) is 15.2 Å². The highest BCUT2D eigenvalue weighted by Crippen LogP contribution is 2.27. The van der Waals surface area contributed by atoms with Crippen LogP contribution in [-0.4, -0.2) is 20.8 Å². The maximum Gasteiger partial charge on any atom is 0.167 e. The summed E-state index contributed by atoms with van der Waals surface area (Å²) in [6, 6.07) is 10.7. The lowest BCUT2D eigenvalue weighted by Crippen LogP contribution is -2.07. The predicted octanol–water partition coefficient (Wildman–Crippen LogP) is 3.08. The standard InChI is InChI=1S/C16H19FN2O2/c1-20-12-5-3-4-11(8-12)6-7-19-15-10-16(21-2)13(17)9-14(15)18/h3-5,8-10,19H,6-7,18H2,1-2H3. The molecule has 3 N–H and O–H groups in total. The van der Waals surface area contributed by atoms with E-state index in [-0.39, 0.29) is 5.75 Å². The molecule has 0 saturated heterocycles. The van der Waals surface area contributed by atoms with Crippen molar-refractivity contribution in [2.75, 3.05) is 31.8 Å². The molecular formula is C16H19FN2O2. The Kier molecular flexibility index (Phi) is 4.87. The zero-order valence-corrected chi connectivity index (χ0v) is 12.2. The summed E-state index contributed by atoms with van der Waals surface area (Å²) in [6.45, 7) is 0.673. The second-order valence-corrected chi connectivity index (χ2v) is 4.60. The number of nitrogens with two attached hydrogens (primary N) is 1. The van der Waals surface area contributed by atoms with Crippen molar-refractivity contribution in [2.24, 2.45) is 0 Å². The largest absolute Gasteiger partial charge is 0.497 e. The van der Waals surface area contributed by atoms with Crippen molar-refractivity contribution in [1.82, 2.24) is 0 Å². The van der Waals surface area contributed by atoms with Crippen LogP contribution in [0.3, 0.4) is 0 Å². The van der Waals surface area contributed by atoms with Gasteiger partial charge in [-0.2, -0.15) is 0 Å². The summed E-state index contributed by atoms with van der Waals surface area (Å²) in [5, 5.41) is 3.19. The molecule has 0 aliphatic heterocycles. The first-order valence-electron chi connectivity index (χ1n) is 6.64. The number of rotatable bonds is 6. The Labute approximate surface area is 123 Å². The predicted molar refractivity (Wildman–Crippen MR) is 82.6 cm³/mol. The molecule has 0 aromatic heterocycles. The molecule has 21 heavy (non-hydrogen) atoms. The average molecular weight is 290 g/mol. The molecule has 0 aliphatic carbocycles. The van der Waals surface area contributed by atoms with Crippen LogP contribution in [0.5, 0.6) is 11.5 Å². The Hall–Kier alpha value is -2.43. The number of nitrogen functional groups attached to an aromatic ring is 1. The van der Waals surface area contributed by atoms with Crippen molar-refractivity contribution in [3.8, 4) is 11.5 Å². The summed E-state index contributed by atoms with van der Waals surface area (Å²) < 4.78 is 23.6. The smallest absolute Gasteiger partial charge is 0.167 e. The van der Waals surface area contributed by atoms with E-state index in [1.807, 2.05) is 24.3 Å². The Morgan fingerprint density at radius 2 is 1.95 bits per heavy atom. The van der Waals surface area contributed by atoms with Crippen molar-refractivity contribution < 1.29 is 13.9 Å². The van der Waals surface area contributed by atoms with E-state index >= 15 is 0 Å². The summed E-state index contributed by atoms with van der Waals surface area (Å²) in [5.41, 5.74) is 7.96. The van der Waals surface area contributed by atoms with Gasteiger partial charge in [0.2, 0.25) is 0 Å². The minimum atomic E-state index is -0.464. The number of nitrogens with one attached hydrogen (secondary N) is 1. The van der Waals surface area contributed by atoms with E-state index in [1.165, 1.54) is 13.2 Å². The number of hydrogen-bond donors (Lipinski definition) is 2. The van der Waals surface area contributed by atoms with Crippen molar-refractivity contribution in [3.63, 3.8) is 0 Å². The fourth-order valence-electron chi connectivity index (χ4n) is 2.05. The second-order valence-electron chi connectivity index (χ2n) is 4.60. The van der Waals surface area contributed by atoms with Crippen LogP contribution < -0.4 is 20.5 Å². The molecule has 0 aliphatic rings. The fourth-order valence-corrected chi connectivity index (χ4v) is 2.05. The van der Waals surface area contributed by atoms with Crippen LogP contribution in [-0.2, 0) is 6.42 Å². The van der Waals surface area contributed by atoms with E-state index < -0.39 is 5.82 Å². The molecule has 2 aromatic carbocycles. The lowest BCUT2D eigenvalue weighted by Gasteiger charge is -2.12. The normalized spacial score (nSPS) is 10.2. The third kappa shape index (κ3) is 3.78. The third-order valence-electron chi connectivity index (χ3n) is 3.19. The second kappa shape index (κ2) is 6.83. The van der Waals surface area contributed by atoms with Crippen molar-refractivity contribution in [1.29, 1.82) is 0 Å². The fraction of sp³-hybridized carbons (Fsp3) is 0.250. The van der Waals surface area contributed by atoms with Crippen LogP contribution >= 0.6 is 0 Å². The van der Waals surface area contributed by atoms with Crippen LogP contribution in [0.4, 0.5) is 15.8 Å². The Balaban J connectivity index is 2.00. The maximum atomic E-state index is 13.5. The molecule has 0 spiro atoms. The zero-order chi connectivity index (χ0) is 15.2. The summed E-state index contributed by atoms with van der Waals surface area (Å²) in [5.74, 6) is 0.539. The number of hydrogen-bond acceptors (Lipinski definition) is 4. The minimum absolute atomic E-state index is 0.174. The van der Waals surface area contributed by atoms with Crippen LogP contribution in [0, 0.1) is 5.82 Å². The summed E-state index contributed by atoms with van der Waals surface area (Å²) in [4.78, 5) is 0. The SMILES string of the molecule is COc1cccc(CCNc2cc(OC)c(F)cc2N)c1. The van der Waals surface area contributed by atoms with Crippen LogP contribution in [0.2, 0.25) is 0 Å². The van der Waals surface area contributed by atoms with E-state index in [2.05, 4.69) is 5.32 Å². The Bertz CT molecular complexity index is 617. The Morgan fingerprint density at radius 1 is 1.14 bits per heavy atom. The summed E-state index contributed by atoms with van der Waals surface area (Å²) >= 11 is 0. The third-order valence-corrected chi connectivity index (χ3v) is 3.19. The topological polar surface area (TPSA) is 56.5 Å². The van der Waals surface area contributed by atoms with E-state index in [1.54, 1.807) is 13.2 Å². The molecule has 5 heteroatoms. The zero-order valence-electron chi connectivity index (χ0n) is 12.2. The lowest BCUT2D eigenvalue weighted by atomic mass is 10.1. The first-order valence-corrected chi connectivity index (χ1v) is 6.64. The Morgan fingerprint density at radius 3 is 2.67 bits per heavy atom. The van der Waals surface area contributed by atoms with Gasteiger partial charge in [-0.3, -0.25) is 0 Å². The van der Waals surface area contributed by atoms with Gasteiger partial charge >= 0.3 is 0 Å². The van der Waals surface area contributed by atoms with Gasteiger partial charge in [-0.05, 0) is 24.1 Å². The number of anilines is 2. The molecule has 0 heterocycles. The first-order chi connectivity index (χ1) is 10.1. The maximum absolute atomic E-state index is 13.5. The lowest BCUT2D eigenvalue weighted by molar-refractivity contribution is 0.387. The van der Waals surface area contributed by atoms with Crippen LogP contribution in [0.15, 0.2) is 36.4 Å². The van der Waals surface area contributed by atoms with Gasteiger partial charge < -0.3 is 20.5 Å². The highest BCUT2D eigenvalue weighted by atomic mass is 19.1. The molecule has 0 atom stereocenters. The molecular weight excluding hydrogens is 271 g/mol. The van der Waals surface area contributed by atoms with Gasteiger partial charge in [0.1, 0.15) is 5.75 Å². The molecule has 0 amide bonds. The van der Waals surface area contributed by atoms with Crippen molar-refractivity contribution in [3.05, 3.63) is 47.8 Å². The van der Waals surface area contributed by atoms with E-state index in [0.717, 1.165) is 17.7 Å². The average Bonchev–Trinajstić information content (AvgIpc) is 2.49. The van der Waals surface area contributed by atoms with E-state index in [9.17, 15) is 4.39 Å². The van der Waals surface area contributed by atoms with Gasteiger partial charge in [0.15, 0.2) is 11.6 Å². The summed E-state index contributed by atoms with van der Waals surface area (Å²) in [6.07, 6.45) is 0.802. The molecule has 0 saturated carbocycles. The minimum Gasteiger partial charge on any atom is -0.497 e.